The fourth-order valence-electron chi connectivity index (χ4n) is 4.46. The molecule has 0 bridgehead atoms. The molecule has 3 aliphatic rings. The molecule has 1 N–H and O–H groups in total. The predicted octanol–water partition coefficient (Wildman–Crippen LogP) is 1.29. The van der Waals surface area contributed by atoms with E-state index in [2.05, 4.69) is 12.2 Å². The summed E-state index contributed by atoms with van der Waals surface area (Å²) >= 11 is 0. The molecular formula is C19H29N3O5. The highest BCUT2D eigenvalue weighted by Crippen LogP contribution is 2.38. The van der Waals surface area contributed by atoms with Crippen LogP contribution < -0.4 is 5.32 Å². The van der Waals surface area contributed by atoms with Crippen LogP contribution in [-0.2, 0) is 19.1 Å². The monoisotopic (exact) mass is 379 g/mol. The first-order valence-electron chi connectivity index (χ1n) is 9.91. The van der Waals surface area contributed by atoms with Crippen LogP contribution >= 0.6 is 0 Å². The first-order chi connectivity index (χ1) is 12.8. The molecular weight excluding hydrogens is 350 g/mol. The van der Waals surface area contributed by atoms with Gasteiger partial charge in [-0.1, -0.05) is 26.7 Å². The minimum absolute atomic E-state index is 0.0337. The number of carbonyl (C=O) groups excluding carboxylic acids is 4. The molecule has 1 saturated carbocycles. The molecule has 1 aliphatic carbocycles. The van der Waals surface area contributed by atoms with Crippen molar-refractivity contribution in [1.82, 2.24) is 15.1 Å². The standard InChI is InChI=1S/C19H29N3O5/c1-13-6-5-9-21(10-13)15(23)12-27-16(24)11-22-17(25)19(20-18(22)26)8-4-3-7-14(19)2/h13-14H,3-12H2,1-2H3,(H,20,26)/t13-,14-,19+/m0/s1. The Hall–Kier alpha value is -2.12. The van der Waals surface area contributed by atoms with Crippen LogP contribution in [0.25, 0.3) is 0 Å². The van der Waals surface area contributed by atoms with Gasteiger partial charge in [0.25, 0.3) is 11.8 Å². The molecule has 3 fully saturated rings. The third-order valence-electron chi connectivity index (χ3n) is 6.16. The molecule has 0 unspecified atom stereocenters. The quantitative estimate of drug-likeness (QED) is 0.586. The number of piperidine rings is 1. The zero-order chi connectivity index (χ0) is 19.6. The highest BCUT2D eigenvalue weighted by molar-refractivity contribution is 6.09. The number of urea groups is 1. The van der Waals surface area contributed by atoms with E-state index in [9.17, 15) is 19.2 Å². The summed E-state index contributed by atoms with van der Waals surface area (Å²) in [4.78, 5) is 52.0. The van der Waals surface area contributed by atoms with E-state index in [1.165, 1.54) is 0 Å². The topological polar surface area (TPSA) is 96.0 Å². The summed E-state index contributed by atoms with van der Waals surface area (Å²) in [6, 6.07) is -0.554. The van der Waals surface area contributed by atoms with E-state index in [1.807, 2.05) is 6.92 Å². The molecule has 150 valence electrons. The van der Waals surface area contributed by atoms with Crippen LogP contribution in [0.4, 0.5) is 4.79 Å². The number of imide groups is 1. The number of hydrogen-bond acceptors (Lipinski definition) is 5. The number of nitrogens with one attached hydrogen (secondary N) is 1. The lowest BCUT2D eigenvalue weighted by Gasteiger charge is -2.36. The van der Waals surface area contributed by atoms with E-state index in [1.54, 1.807) is 4.90 Å². The third-order valence-corrected chi connectivity index (χ3v) is 6.16. The maximum atomic E-state index is 12.8. The van der Waals surface area contributed by atoms with Crippen molar-refractivity contribution >= 4 is 23.8 Å². The van der Waals surface area contributed by atoms with Crippen molar-refractivity contribution in [3.63, 3.8) is 0 Å². The Morgan fingerprint density at radius 2 is 1.96 bits per heavy atom. The SMILES string of the molecule is C[C@H]1CCCN(C(=O)COC(=O)CN2C(=O)N[C@@]3(CCCC[C@@H]3C)C2=O)C1. The molecule has 2 aliphatic heterocycles. The average molecular weight is 379 g/mol. The number of hydrogen-bond donors (Lipinski definition) is 1. The van der Waals surface area contributed by atoms with E-state index in [0.29, 0.717) is 25.4 Å². The fourth-order valence-corrected chi connectivity index (χ4v) is 4.46. The molecule has 3 atom stereocenters. The van der Waals surface area contributed by atoms with Gasteiger partial charge in [0.2, 0.25) is 0 Å². The predicted molar refractivity (Wildman–Crippen MR) is 96.5 cm³/mol. The van der Waals surface area contributed by atoms with Crippen molar-refractivity contribution in [1.29, 1.82) is 0 Å². The first kappa shape index (κ1) is 19.6. The van der Waals surface area contributed by atoms with Crippen LogP contribution in [0.2, 0.25) is 0 Å². The van der Waals surface area contributed by atoms with Gasteiger partial charge in [-0.05, 0) is 37.5 Å². The third kappa shape index (κ3) is 3.94. The summed E-state index contributed by atoms with van der Waals surface area (Å²) in [6.45, 7) is 4.58. The molecule has 2 heterocycles. The Morgan fingerprint density at radius 3 is 2.67 bits per heavy atom. The van der Waals surface area contributed by atoms with Crippen molar-refractivity contribution in [2.24, 2.45) is 11.8 Å². The summed E-state index contributed by atoms with van der Waals surface area (Å²) in [7, 11) is 0. The van der Waals surface area contributed by atoms with Gasteiger partial charge < -0.3 is 15.0 Å². The molecule has 0 aromatic carbocycles. The molecule has 0 radical (unpaired) electrons. The van der Waals surface area contributed by atoms with Crippen molar-refractivity contribution < 1.29 is 23.9 Å². The Labute approximate surface area is 159 Å². The molecule has 27 heavy (non-hydrogen) atoms. The lowest BCUT2D eigenvalue weighted by atomic mass is 9.73. The maximum Gasteiger partial charge on any atom is 0.326 e. The second-order valence-electron chi connectivity index (χ2n) is 8.19. The number of rotatable bonds is 4. The number of carbonyl (C=O) groups is 4. The van der Waals surface area contributed by atoms with Gasteiger partial charge in [-0.3, -0.25) is 19.3 Å². The molecule has 0 aromatic heterocycles. The highest BCUT2D eigenvalue weighted by atomic mass is 16.5. The van der Waals surface area contributed by atoms with Crippen molar-refractivity contribution in [3.8, 4) is 0 Å². The van der Waals surface area contributed by atoms with Gasteiger partial charge >= 0.3 is 12.0 Å². The number of amides is 4. The van der Waals surface area contributed by atoms with E-state index in [4.69, 9.17) is 4.74 Å². The maximum absolute atomic E-state index is 12.8. The minimum atomic E-state index is -0.893. The second-order valence-corrected chi connectivity index (χ2v) is 8.19. The summed E-state index contributed by atoms with van der Waals surface area (Å²) in [6.07, 6.45) is 5.41. The lowest BCUT2D eigenvalue weighted by Crippen LogP contribution is -2.54. The van der Waals surface area contributed by atoms with E-state index >= 15 is 0 Å². The molecule has 8 heteroatoms. The van der Waals surface area contributed by atoms with Crippen LogP contribution in [0.5, 0.6) is 0 Å². The van der Waals surface area contributed by atoms with E-state index in [0.717, 1.165) is 37.0 Å². The van der Waals surface area contributed by atoms with E-state index in [-0.39, 0.29) is 24.3 Å². The first-order valence-corrected chi connectivity index (χ1v) is 9.91. The molecule has 2 saturated heterocycles. The average Bonchev–Trinajstić information content (AvgIpc) is 2.87. The molecule has 1 spiro atoms. The van der Waals surface area contributed by atoms with Crippen LogP contribution in [-0.4, -0.2) is 65.4 Å². The van der Waals surface area contributed by atoms with Gasteiger partial charge in [-0.2, -0.15) is 0 Å². The van der Waals surface area contributed by atoms with Crippen LogP contribution in [0.15, 0.2) is 0 Å². The minimum Gasteiger partial charge on any atom is -0.454 e. The van der Waals surface area contributed by atoms with Gasteiger partial charge in [0, 0.05) is 13.1 Å². The molecule has 3 rings (SSSR count). The Bertz CT molecular complexity index is 637. The van der Waals surface area contributed by atoms with Gasteiger partial charge in [-0.25, -0.2) is 4.79 Å². The number of likely N-dealkylation sites (tertiary alicyclic amines) is 1. The summed E-state index contributed by atoms with van der Waals surface area (Å²) in [5.74, 6) is -0.848. The zero-order valence-corrected chi connectivity index (χ0v) is 16.2. The zero-order valence-electron chi connectivity index (χ0n) is 16.2. The van der Waals surface area contributed by atoms with Gasteiger partial charge in [0.05, 0.1) is 0 Å². The Kier molecular flexibility index (Phi) is 5.72. The molecule has 4 amide bonds. The second kappa shape index (κ2) is 7.86. The molecule has 0 aromatic rings. The van der Waals surface area contributed by atoms with Crippen molar-refractivity contribution in [2.75, 3.05) is 26.2 Å². The van der Waals surface area contributed by atoms with Crippen LogP contribution in [0, 0.1) is 11.8 Å². The molecule has 8 nitrogen and oxygen atoms in total. The van der Waals surface area contributed by atoms with Crippen LogP contribution in [0.1, 0.15) is 52.4 Å². The van der Waals surface area contributed by atoms with Gasteiger partial charge in [-0.15, -0.1) is 0 Å². The number of esters is 1. The lowest BCUT2D eigenvalue weighted by molar-refractivity contribution is -0.154. The van der Waals surface area contributed by atoms with Gasteiger partial charge in [0.1, 0.15) is 12.1 Å². The Balaban J connectivity index is 1.52. The van der Waals surface area contributed by atoms with Crippen molar-refractivity contribution in [3.05, 3.63) is 0 Å². The summed E-state index contributed by atoms with van der Waals surface area (Å²) in [5.41, 5.74) is -0.893. The number of ether oxygens (including phenoxy) is 1. The summed E-state index contributed by atoms with van der Waals surface area (Å²) in [5, 5.41) is 2.80. The van der Waals surface area contributed by atoms with Gasteiger partial charge in [0.15, 0.2) is 6.61 Å². The largest absolute Gasteiger partial charge is 0.454 e. The van der Waals surface area contributed by atoms with E-state index < -0.39 is 24.1 Å². The van der Waals surface area contributed by atoms with Crippen LogP contribution in [0.3, 0.4) is 0 Å². The van der Waals surface area contributed by atoms with Crippen molar-refractivity contribution in [2.45, 2.75) is 57.9 Å². The summed E-state index contributed by atoms with van der Waals surface area (Å²) < 4.78 is 5.05. The smallest absolute Gasteiger partial charge is 0.326 e. The highest BCUT2D eigenvalue weighted by Gasteiger charge is 2.55. The normalized spacial score (nSPS) is 31.2. The fraction of sp³-hybridized carbons (Fsp3) is 0.789. The Morgan fingerprint density at radius 1 is 1.19 bits per heavy atom. The number of nitrogens with zero attached hydrogens (tertiary/aromatic N) is 2.